The van der Waals surface area contributed by atoms with Crippen LogP contribution in [0.1, 0.15) is 18.9 Å². The van der Waals surface area contributed by atoms with Gasteiger partial charge in [0.05, 0.1) is 11.6 Å². The molecule has 0 spiro atoms. The Kier molecular flexibility index (Phi) is 2.41. The number of hydrogen-bond acceptors (Lipinski definition) is 2. The van der Waals surface area contributed by atoms with Gasteiger partial charge in [0.15, 0.2) is 0 Å². The molecule has 1 atom stereocenters. The van der Waals surface area contributed by atoms with E-state index in [1.165, 1.54) is 12.1 Å². The van der Waals surface area contributed by atoms with E-state index in [-0.39, 0.29) is 0 Å². The number of benzene rings is 1. The molecule has 0 aliphatic carbocycles. The lowest BCUT2D eigenvalue weighted by atomic mass is 10.2. The maximum atomic E-state index is 8.79. The van der Waals surface area contributed by atoms with Gasteiger partial charge in [-0.15, -0.1) is 0 Å². The standard InChI is InChI=1S/C12H14N2/c1-10-5-6-14(9-10)12-4-2-3-11(7-12)8-13/h2-4,7,10H,5-6,9H2,1H3/t10-/m1/s1. The molecule has 0 aromatic heterocycles. The fourth-order valence-corrected chi connectivity index (χ4v) is 1.94. The van der Waals surface area contributed by atoms with Crippen molar-refractivity contribution >= 4 is 5.69 Å². The average Bonchev–Trinajstić information content (AvgIpc) is 2.65. The van der Waals surface area contributed by atoms with E-state index in [9.17, 15) is 0 Å². The third-order valence-electron chi connectivity index (χ3n) is 2.76. The fourth-order valence-electron chi connectivity index (χ4n) is 1.94. The van der Waals surface area contributed by atoms with Gasteiger partial charge in [-0.25, -0.2) is 0 Å². The fraction of sp³-hybridized carbons (Fsp3) is 0.417. The lowest BCUT2D eigenvalue weighted by Gasteiger charge is -2.17. The molecule has 1 aliphatic rings. The Morgan fingerprint density at radius 3 is 3.00 bits per heavy atom. The molecule has 1 fully saturated rings. The van der Waals surface area contributed by atoms with Crippen molar-refractivity contribution in [2.75, 3.05) is 18.0 Å². The Labute approximate surface area is 84.8 Å². The van der Waals surface area contributed by atoms with Crippen LogP contribution >= 0.6 is 0 Å². The second-order valence-corrected chi connectivity index (χ2v) is 4.00. The minimum absolute atomic E-state index is 0.752. The van der Waals surface area contributed by atoms with Crippen molar-refractivity contribution in [2.45, 2.75) is 13.3 Å². The molecular weight excluding hydrogens is 172 g/mol. The zero-order valence-electron chi connectivity index (χ0n) is 8.40. The number of nitriles is 1. The van der Waals surface area contributed by atoms with Gasteiger partial charge in [-0.3, -0.25) is 0 Å². The Morgan fingerprint density at radius 1 is 1.50 bits per heavy atom. The van der Waals surface area contributed by atoms with Crippen LogP contribution in [-0.2, 0) is 0 Å². The zero-order chi connectivity index (χ0) is 9.97. The molecule has 1 heterocycles. The predicted molar refractivity (Wildman–Crippen MR) is 57.2 cm³/mol. The molecule has 0 N–H and O–H groups in total. The summed E-state index contributed by atoms with van der Waals surface area (Å²) in [6.07, 6.45) is 1.26. The molecule has 0 saturated carbocycles. The summed E-state index contributed by atoms with van der Waals surface area (Å²) in [6, 6.07) is 10.0. The quantitative estimate of drug-likeness (QED) is 0.673. The van der Waals surface area contributed by atoms with E-state index in [0.29, 0.717) is 0 Å². The van der Waals surface area contributed by atoms with Crippen molar-refractivity contribution in [1.29, 1.82) is 5.26 Å². The largest absolute Gasteiger partial charge is 0.371 e. The van der Waals surface area contributed by atoms with Crippen LogP contribution in [0.3, 0.4) is 0 Å². The summed E-state index contributed by atoms with van der Waals surface area (Å²) in [5.41, 5.74) is 1.94. The minimum Gasteiger partial charge on any atom is -0.371 e. The second-order valence-electron chi connectivity index (χ2n) is 4.00. The first kappa shape index (κ1) is 9.08. The number of nitrogens with zero attached hydrogens (tertiary/aromatic N) is 2. The first-order valence-corrected chi connectivity index (χ1v) is 5.04. The Balaban J connectivity index is 2.20. The van der Waals surface area contributed by atoms with Gasteiger partial charge in [-0.1, -0.05) is 13.0 Å². The SMILES string of the molecule is C[C@@H]1CCN(c2cccc(C#N)c2)C1. The van der Waals surface area contributed by atoms with Gasteiger partial charge in [0.25, 0.3) is 0 Å². The van der Waals surface area contributed by atoms with E-state index in [4.69, 9.17) is 5.26 Å². The number of anilines is 1. The maximum Gasteiger partial charge on any atom is 0.0992 e. The summed E-state index contributed by atoms with van der Waals surface area (Å²) in [7, 11) is 0. The van der Waals surface area contributed by atoms with E-state index in [1.807, 2.05) is 18.2 Å². The van der Waals surface area contributed by atoms with E-state index in [1.54, 1.807) is 0 Å². The van der Waals surface area contributed by atoms with E-state index in [2.05, 4.69) is 24.0 Å². The van der Waals surface area contributed by atoms with Crippen LogP contribution in [0.5, 0.6) is 0 Å². The van der Waals surface area contributed by atoms with Crippen LogP contribution in [-0.4, -0.2) is 13.1 Å². The van der Waals surface area contributed by atoms with Crippen LogP contribution in [0.4, 0.5) is 5.69 Å². The van der Waals surface area contributed by atoms with Crippen molar-refractivity contribution in [1.82, 2.24) is 0 Å². The summed E-state index contributed by atoms with van der Waals surface area (Å²) in [5, 5.41) is 8.79. The zero-order valence-corrected chi connectivity index (χ0v) is 8.40. The van der Waals surface area contributed by atoms with Gasteiger partial charge in [0.2, 0.25) is 0 Å². The van der Waals surface area contributed by atoms with Crippen molar-refractivity contribution in [3.8, 4) is 6.07 Å². The molecule has 14 heavy (non-hydrogen) atoms. The highest BCUT2D eigenvalue weighted by Gasteiger charge is 2.18. The molecular formula is C12H14N2. The molecule has 72 valence electrons. The van der Waals surface area contributed by atoms with Gasteiger partial charge in [0, 0.05) is 18.8 Å². The van der Waals surface area contributed by atoms with Crippen LogP contribution < -0.4 is 4.90 Å². The van der Waals surface area contributed by atoms with Crippen LogP contribution in [0.15, 0.2) is 24.3 Å². The molecule has 1 aromatic rings. The third-order valence-corrected chi connectivity index (χ3v) is 2.76. The Bertz CT molecular complexity index is 365. The predicted octanol–water partition coefficient (Wildman–Crippen LogP) is 2.40. The first-order valence-electron chi connectivity index (χ1n) is 5.04. The second kappa shape index (κ2) is 3.71. The topological polar surface area (TPSA) is 27.0 Å². The molecule has 1 aliphatic heterocycles. The summed E-state index contributed by atoms with van der Waals surface area (Å²) < 4.78 is 0. The van der Waals surface area contributed by atoms with E-state index < -0.39 is 0 Å². The highest BCUT2D eigenvalue weighted by molar-refractivity contribution is 5.52. The summed E-state index contributed by atoms with van der Waals surface area (Å²) in [6.45, 7) is 4.51. The van der Waals surface area contributed by atoms with E-state index >= 15 is 0 Å². The number of hydrogen-bond donors (Lipinski definition) is 0. The third kappa shape index (κ3) is 1.72. The van der Waals surface area contributed by atoms with Crippen LogP contribution in [0.2, 0.25) is 0 Å². The summed E-state index contributed by atoms with van der Waals surface area (Å²) in [5.74, 6) is 0.778. The normalized spacial score (nSPS) is 20.9. The monoisotopic (exact) mass is 186 g/mol. The Hall–Kier alpha value is -1.49. The molecule has 0 unspecified atom stereocenters. The first-order chi connectivity index (χ1) is 6.79. The average molecular weight is 186 g/mol. The Morgan fingerprint density at radius 2 is 2.36 bits per heavy atom. The van der Waals surface area contributed by atoms with Crippen molar-refractivity contribution in [3.63, 3.8) is 0 Å². The van der Waals surface area contributed by atoms with Crippen LogP contribution in [0.25, 0.3) is 0 Å². The molecule has 0 bridgehead atoms. The molecule has 2 heteroatoms. The minimum atomic E-state index is 0.752. The molecule has 2 nitrogen and oxygen atoms in total. The summed E-state index contributed by atoms with van der Waals surface area (Å²) >= 11 is 0. The van der Waals surface area contributed by atoms with Gasteiger partial charge in [0.1, 0.15) is 0 Å². The lowest BCUT2D eigenvalue weighted by Crippen LogP contribution is -2.18. The molecule has 1 aromatic carbocycles. The van der Waals surface area contributed by atoms with Crippen molar-refractivity contribution in [2.24, 2.45) is 5.92 Å². The van der Waals surface area contributed by atoms with Gasteiger partial charge >= 0.3 is 0 Å². The van der Waals surface area contributed by atoms with Crippen LogP contribution in [0, 0.1) is 17.2 Å². The maximum absolute atomic E-state index is 8.79. The van der Waals surface area contributed by atoms with Gasteiger partial charge in [-0.05, 0) is 30.5 Å². The molecule has 1 saturated heterocycles. The smallest absolute Gasteiger partial charge is 0.0992 e. The highest BCUT2D eigenvalue weighted by atomic mass is 15.1. The lowest BCUT2D eigenvalue weighted by molar-refractivity contribution is 0.659. The number of rotatable bonds is 1. The van der Waals surface area contributed by atoms with Gasteiger partial charge in [-0.2, -0.15) is 5.26 Å². The van der Waals surface area contributed by atoms with Crippen molar-refractivity contribution < 1.29 is 0 Å². The van der Waals surface area contributed by atoms with Crippen molar-refractivity contribution in [3.05, 3.63) is 29.8 Å². The molecule has 2 rings (SSSR count). The summed E-state index contributed by atoms with van der Waals surface area (Å²) in [4.78, 5) is 2.35. The van der Waals surface area contributed by atoms with E-state index in [0.717, 1.165) is 24.6 Å². The van der Waals surface area contributed by atoms with Gasteiger partial charge < -0.3 is 4.90 Å². The highest BCUT2D eigenvalue weighted by Crippen LogP contribution is 2.23. The molecule has 0 radical (unpaired) electrons. The molecule has 0 amide bonds.